The molecule has 2 N–H and O–H groups in total. The number of aliphatic hydroxyl groups is 1. The lowest BCUT2D eigenvalue weighted by molar-refractivity contribution is -0.849. The van der Waals surface area contributed by atoms with Crippen molar-refractivity contribution >= 4 is 30.3 Å². The summed E-state index contributed by atoms with van der Waals surface area (Å²) in [6, 6.07) is 20.5. The van der Waals surface area contributed by atoms with Crippen molar-refractivity contribution in [2.45, 2.75) is 56.7 Å². The molecular weight excluding hydrogens is 599 g/mol. The van der Waals surface area contributed by atoms with Crippen molar-refractivity contribution in [2.24, 2.45) is 5.92 Å². The number of rotatable bonds is 11. The van der Waals surface area contributed by atoms with Crippen molar-refractivity contribution in [3.8, 4) is 11.3 Å². The van der Waals surface area contributed by atoms with E-state index in [-0.39, 0.29) is 22.4 Å². The summed E-state index contributed by atoms with van der Waals surface area (Å²) in [7, 11) is 3.69. The van der Waals surface area contributed by atoms with Gasteiger partial charge in [0.2, 0.25) is 0 Å². The summed E-state index contributed by atoms with van der Waals surface area (Å²) in [6.07, 6.45) is -1.17. The zero-order chi connectivity index (χ0) is 33.5. The van der Waals surface area contributed by atoms with E-state index in [0.717, 1.165) is 5.56 Å². The number of quaternary nitrogens is 1. The number of aliphatic hydroxyl groups excluding tert-OH is 1. The number of Topliss-reactive ketones (excluding diaryl/α,β-unsaturated/α-hetero) is 1. The van der Waals surface area contributed by atoms with Crippen molar-refractivity contribution in [3.05, 3.63) is 90.1 Å². The van der Waals surface area contributed by atoms with E-state index in [1.165, 1.54) is 0 Å². The number of nitrogens with one attached hydrogen (secondary N) is 1. The smallest absolute Gasteiger partial charge is 0.587 e. The molecule has 0 bridgehead atoms. The Hall–Kier alpha value is -4.39. The molecule has 3 saturated heterocycles. The summed E-state index contributed by atoms with van der Waals surface area (Å²) in [6.45, 7) is 2.14. The maximum Gasteiger partial charge on any atom is 0.587 e. The minimum atomic E-state index is -2.63. The number of nitrogens with zero attached hydrogens (tertiary/aromatic N) is 3. The first-order valence-electron chi connectivity index (χ1n) is 16.2. The minimum Gasteiger partial charge on any atom is -0.600 e. The summed E-state index contributed by atoms with van der Waals surface area (Å²) in [4.78, 5) is 61.3. The molecule has 246 valence electrons. The van der Waals surface area contributed by atoms with E-state index in [1.54, 1.807) is 48.5 Å². The first-order chi connectivity index (χ1) is 22.4. The maximum atomic E-state index is 14.4. The van der Waals surface area contributed by atoms with Gasteiger partial charge in [-0.05, 0) is 42.9 Å². The SMILES string of the molecule is CC(C)C[C@H](CC(=O)[C@@H](NC(=O)c1cccc(-c2ccccc2)n1)[C@H](O)c1ccccc1)[B-]12OC(=O)[C@H]3CN(C)C[C@H](C(=O)O1)[N+]32C. The van der Waals surface area contributed by atoms with Crippen LogP contribution in [0.5, 0.6) is 0 Å². The van der Waals surface area contributed by atoms with Crippen LogP contribution in [-0.2, 0) is 23.7 Å². The third-order valence-corrected chi connectivity index (χ3v) is 10.2. The summed E-state index contributed by atoms with van der Waals surface area (Å²) in [5.41, 5.74) is 1.94. The molecule has 5 atom stereocenters. The molecule has 2 aromatic carbocycles. The highest BCUT2D eigenvalue weighted by atomic mass is 16.7. The van der Waals surface area contributed by atoms with Crippen molar-refractivity contribution in [1.29, 1.82) is 0 Å². The summed E-state index contributed by atoms with van der Waals surface area (Å²) in [5.74, 6) is -2.63. The Labute approximate surface area is 274 Å². The molecule has 0 aliphatic carbocycles. The molecule has 0 spiro atoms. The third kappa shape index (κ3) is 5.75. The molecule has 1 aromatic heterocycles. The molecule has 3 fully saturated rings. The van der Waals surface area contributed by atoms with Gasteiger partial charge in [-0.25, -0.2) is 14.6 Å². The predicted octanol–water partition coefficient (Wildman–Crippen LogP) is 3.14. The average Bonchev–Trinajstić information content (AvgIpc) is 3.42. The van der Waals surface area contributed by atoms with E-state index < -0.39 is 60.4 Å². The zero-order valence-electron chi connectivity index (χ0n) is 27.1. The fourth-order valence-corrected chi connectivity index (χ4v) is 7.85. The van der Waals surface area contributed by atoms with Gasteiger partial charge in [0.15, 0.2) is 17.9 Å². The molecule has 6 rings (SSSR count). The Kier molecular flexibility index (Phi) is 8.77. The molecule has 0 radical (unpaired) electrons. The second kappa shape index (κ2) is 12.7. The molecule has 3 aliphatic heterocycles. The second-order valence-electron chi connectivity index (χ2n) is 13.7. The molecule has 0 saturated carbocycles. The number of amides is 1. The molecule has 3 aromatic rings. The summed E-state index contributed by atoms with van der Waals surface area (Å²) >= 11 is 0. The average molecular weight is 641 g/mol. The molecule has 3 aliphatic rings. The van der Waals surface area contributed by atoms with Crippen LogP contribution in [0.25, 0.3) is 11.3 Å². The quantitative estimate of drug-likeness (QED) is 0.303. The highest BCUT2D eigenvalue weighted by Crippen LogP contribution is 2.52. The molecule has 12 heteroatoms. The van der Waals surface area contributed by atoms with Gasteiger partial charge < -0.3 is 24.1 Å². The summed E-state index contributed by atoms with van der Waals surface area (Å²) in [5, 5.41) is 14.4. The van der Waals surface area contributed by atoms with Gasteiger partial charge in [-0.2, -0.15) is 0 Å². The van der Waals surface area contributed by atoms with E-state index in [1.807, 2.05) is 63.2 Å². The standard InChI is InChI=1S/C35H41BN4O7/c1-22(2)18-25(36-40(4)28(34(44)46-36)20-39(3)21-29(40)35(45)47-36)19-30(41)31(32(42)24-14-9-6-10-15-24)38-33(43)27-17-11-16-26(37-27)23-12-7-5-8-13-23/h5-17,22,25,28-29,31-32,42H,18-21H2,1-4H3,(H,38,43)/t25-,28-,29-,31-,32-,36?,40?/m1/s1. The Balaban J connectivity index is 1.33. The number of aromatic nitrogens is 1. The monoisotopic (exact) mass is 640 g/mol. The number of benzene rings is 2. The van der Waals surface area contributed by atoms with E-state index >= 15 is 0 Å². The van der Waals surface area contributed by atoms with Crippen LogP contribution in [0.1, 0.15) is 48.8 Å². The highest BCUT2D eigenvalue weighted by Gasteiger charge is 2.77. The molecule has 1 amide bonds. The van der Waals surface area contributed by atoms with Gasteiger partial charge in [-0.1, -0.05) is 87.0 Å². The molecule has 0 unspecified atom stereocenters. The van der Waals surface area contributed by atoms with Gasteiger partial charge in [0.1, 0.15) is 17.8 Å². The lowest BCUT2D eigenvalue weighted by Gasteiger charge is -2.53. The number of hydrogen-bond acceptors (Lipinski definition) is 9. The molecule has 4 heterocycles. The Morgan fingerprint density at radius 2 is 1.55 bits per heavy atom. The number of hydrogen-bond donors (Lipinski definition) is 2. The van der Waals surface area contributed by atoms with Crippen molar-refractivity contribution < 1.29 is 38.0 Å². The normalized spacial score (nSPS) is 27.0. The van der Waals surface area contributed by atoms with Crippen LogP contribution in [-0.4, -0.2) is 95.0 Å². The molecule has 47 heavy (non-hydrogen) atoms. The number of pyridine rings is 1. The van der Waals surface area contributed by atoms with E-state index in [9.17, 15) is 24.3 Å². The number of carbonyl (C=O) groups is 4. The van der Waals surface area contributed by atoms with Crippen molar-refractivity contribution in [2.75, 3.05) is 27.2 Å². The van der Waals surface area contributed by atoms with Crippen LogP contribution in [0.15, 0.2) is 78.9 Å². The Bertz CT molecular complexity index is 1640. The van der Waals surface area contributed by atoms with Crippen LogP contribution >= 0.6 is 0 Å². The lowest BCUT2D eigenvalue weighted by atomic mass is 9.51. The van der Waals surface area contributed by atoms with Gasteiger partial charge >= 0.3 is 18.6 Å². The predicted molar refractivity (Wildman–Crippen MR) is 174 cm³/mol. The second-order valence-corrected chi connectivity index (χ2v) is 13.7. The Morgan fingerprint density at radius 1 is 0.957 bits per heavy atom. The maximum absolute atomic E-state index is 14.4. The van der Waals surface area contributed by atoms with Gasteiger partial charge in [0, 0.05) is 12.6 Å². The Morgan fingerprint density at radius 3 is 2.15 bits per heavy atom. The first-order valence-corrected chi connectivity index (χ1v) is 16.2. The number of carbonyl (C=O) groups excluding carboxylic acids is 4. The van der Waals surface area contributed by atoms with Gasteiger partial charge in [-0.3, -0.25) is 14.5 Å². The van der Waals surface area contributed by atoms with Gasteiger partial charge in [-0.15, -0.1) is 0 Å². The topological polar surface area (TPSA) is 135 Å². The molecule has 11 nitrogen and oxygen atoms in total. The van der Waals surface area contributed by atoms with E-state index in [2.05, 4.69) is 10.3 Å². The van der Waals surface area contributed by atoms with Crippen molar-refractivity contribution in [1.82, 2.24) is 15.2 Å². The lowest BCUT2D eigenvalue weighted by Crippen LogP contribution is -2.74. The van der Waals surface area contributed by atoms with Crippen LogP contribution < -0.4 is 5.32 Å². The fourth-order valence-electron chi connectivity index (χ4n) is 7.85. The summed E-state index contributed by atoms with van der Waals surface area (Å²) < 4.78 is 12.2. The fraction of sp³-hybridized carbons (Fsp3) is 0.400. The zero-order valence-corrected chi connectivity index (χ0v) is 27.1. The van der Waals surface area contributed by atoms with Crippen LogP contribution in [0.3, 0.4) is 0 Å². The highest BCUT2D eigenvalue weighted by molar-refractivity contribution is 6.68. The van der Waals surface area contributed by atoms with Gasteiger partial charge in [0.05, 0.1) is 18.8 Å². The van der Waals surface area contributed by atoms with Crippen LogP contribution in [0.4, 0.5) is 0 Å². The van der Waals surface area contributed by atoms with Crippen LogP contribution in [0, 0.1) is 5.92 Å². The van der Waals surface area contributed by atoms with Crippen LogP contribution in [0.2, 0.25) is 5.82 Å². The van der Waals surface area contributed by atoms with E-state index in [4.69, 9.17) is 9.31 Å². The largest absolute Gasteiger partial charge is 0.600 e. The molecular formula is C35H41BN4O7. The minimum absolute atomic E-state index is 0.0267. The third-order valence-electron chi connectivity index (χ3n) is 10.2. The number of piperazine rings is 1. The van der Waals surface area contributed by atoms with Crippen molar-refractivity contribution in [3.63, 3.8) is 0 Å². The van der Waals surface area contributed by atoms with Gasteiger partial charge in [0.25, 0.3) is 5.91 Å². The number of ketones is 1. The first kappa shape index (κ1) is 32.6. The van der Waals surface area contributed by atoms with E-state index in [0.29, 0.717) is 30.8 Å². The number of likely N-dealkylation sites (N-methyl/N-ethyl adjacent to an activating group) is 2.